The first-order valence-corrected chi connectivity index (χ1v) is 7.56. The lowest BCUT2D eigenvalue weighted by molar-refractivity contribution is 0.380. The van der Waals surface area contributed by atoms with Gasteiger partial charge in [0, 0.05) is 14.9 Å². The first-order valence-electron chi connectivity index (χ1n) is 5.89. The minimum Gasteiger partial charge on any atom is -0.0885 e. The molecule has 1 atom stereocenters. The average Bonchev–Trinajstić information content (AvgIpc) is 2.20. The zero-order valence-electron chi connectivity index (χ0n) is 10.6. The minimum absolute atomic E-state index is 0.296. The monoisotopic (exact) mass is 336 g/mol. The van der Waals surface area contributed by atoms with E-state index < -0.39 is 0 Å². The second-order valence-corrected chi connectivity index (χ2v) is 7.35. The lowest BCUT2D eigenvalue weighted by Crippen LogP contribution is -2.20. The van der Waals surface area contributed by atoms with Gasteiger partial charge in [0.25, 0.3) is 0 Å². The molecule has 96 valence electrons. The molecule has 1 unspecified atom stereocenters. The molecule has 1 aromatic rings. The second kappa shape index (κ2) is 6.45. The number of hydrogen-bond donors (Lipinski definition) is 0. The van der Waals surface area contributed by atoms with Crippen molar-refractivity contribution in [3.05, 3.63) is 33.8 Å². The highest BCUT2D eigenvalue weighted by Crippen LogP contribution is 2.31. The van der Waals surface area contributed by atoms with Gasteiger partial charge in [0.1, 0.15) is 0 Å². The van der Waals surface area contributed by atoms with Crippen LogP contribution in [-0.4, -0.2) is 4.83 Å². The standard InChI is InChI=1S/C14H19BrCl2/c1-14(2,3)13(15)9-4-6-10-11(16)7-5-8-12(10)17/h5,7-8,13H,4,6,9H2,1-3H3. The molecule has 1 rings (SSSR count). The first kappa shape index (κ1) is 15.3. The molecule has 0 aliphatic carbocycles. The van der Waals surface area contributed by atoms with Crippen molar-refractivity contribution in [1.29, 1.82) is 0 Å². The summed E-state index contributed by atoms with van der Waals surface area (Å²) in [6.45, 7) is 6.73. The van der Waals surface area contributed by atoms with Gasteiger partial charge < -0.3 is 0 Å². The van der Waals surface area contributed by atoms with Crippen LogP contribution in [0.3, 0.4) is 0 Å². The Kier molecular flexibility index (Phi) is 5.82. The van der Waals surface area contributed by atoms with Crippen LogP contribution in [0.15, 0.2) is 18.2 Å². The average molecular weight is 338 g/mol. The Bertz CT molecular complexity index is 349. The molecule has 0 amide bonds. The minimum atomic E-state index is 0.296. The van der Waals surface area contributed by atoms with Gasteiger partial charge in [0.05, 0.1) is 0 Å². The Labute approximate surface area is 123 Å². The Morgan fingerprint density at radius 2 is 1.71 bits per heavy atom. The molecule has 0 nitrogen and oxygen atoms in total. The van der Waals surface area contributed by atoms with Gasteiger partial charge in [-0.3, -0.25) is 0 Å². The van der Waals surface area contributed by atoms with Crippen molar-refractivity contribution in [3.8, 4) is 0 Å². The number of benzene rings is 1. The Balaban J connectivity index is 2.52. The SMILES string of the molecule is CC(C)(C)C(Br)CCCc1c(Cl)cccc1Cl. The summed E-state index contributed by atoms with van der Waals surface area (Å²) in [6, 6.07) is 5.69. The summed E-state index contributed by atoms with van der Waals surface area (Å²) in [4.78, 5) is 0.524. The van der Waals surface area contributed by atoms with E-state index in [1.807, 2.05) is 18.2 Å². The molecule has 0 bridgehead atoms. The van der Waals surface area contributed by atoms with Gasteiger partial charge in [-0.05, 0) is 42.4 Å². The molecule has 0 spiro atoms. The van der Waals surface area contributed by atoms with Crippen LogP contribution < -0.4 is 0 Å². The van der Waals surface area contributed by atoms with Crippen molar-refractivity contribution in [1.82, 2.24) is 0 Å². The van der Waals surface area contributed by atoms with E-state index in [2.05, 4.69) is 36.7 Å². The summed E-state index contributed by atoms with van der Waals surface area (Å²) in [5, 5.41) is 1.55. The predicted molar refractivity (Wildman–Crippen MR) is 81.6 cm³/mol. The Morgan fingerprint density at radius 3 is 2.18 bits per heavy atom. The number of alkyl halides is 1. The third-order valence-corrected chi connectivity index (χ3v) is 5.43. The number of halogens is 3. The highest BCUT2D eigenvalue weighted by Gasteiger charge is 2.21. The molecule has 3 heteroatoms. The van der Waals surface area contributed by atoms with Crippen LogP contribution in [0, 0.1) is 5.41 Å². The highest BCUT2D eigenvalue weighted by molar-refractivity contribution is 9.09. The zero-order chi connectivity index (χ0) is 13.1. The number of rotatable bonds is 4. The largest absolute Gasteiger partial charge is 0.0885 e. The van der Waals surface area contributed by atoms with Crippen LogP contribution in [0.1, 0.15) is 39.2 Å². The molecule has 0 aliphatic rings. The van der Waals surface area contributed by atoms with E-state index in [1.54, 1.807) is 0 Å². The van der Waals surface area contributed by atoms with Gasteiger partial charge in [-0.2, -0.15) is 0 Å². The lowest BCUT2D eigenvalue weighted by Gasteiger charge is -2.25. The summed E-state index contributed by atoms with van der Waals surface area (Å²) < 4.78 is 0. The van der Waals surface area contributed by atoms with Crippen molar-refractivity contribution in [3.63, 3.8) is 0 Å². The van der Waals surface area contributed by atoms with E-state index in [-0.39, 0.29) is 0 Å². The molecule has 0 radical (unpaired) electrons. The second-order valence-electron chi connectivity index (χ2n) is 5.43. The van der Waals surface area contributed by atoms with Crippen LogP contribution in [0.25, 0.3) is 0 Å². The lowest BCUT2D eigenvalue weighted by atomic mass is 9.89. The van der Waals surface area contributed by atoms with Crippen molar-refractivity contribution < 1.29 is 0 Å². The van der Waals surface area contributed by atoms with Crippen molar-refractivity contribution in [2.24, 2.45) is 5.41 Å². The normalized spacial score (nSPS) is 13.8. The molecule has 0 saturated heterocycles. The quantitative estimate of drug-likeness (QED) is 0.580. The van der Waals surface area contributed by atoms with E-state index in [0.29, 0.717) is 10.2 Å². The van der Waals surface area contributed by atoms with Gasteiger partial charge in [0.2, 0.25) is 0 Å². The van der Waals surface area contributed by atoms with E-state index in [9.17, 15) is 0 Å². The summed E-state index contributed by atoms with van der Waals surface area (Å²) in [5.74, 6) is 0. The third kappa shape index (κ3) is 4.81. The summed E-state index contributed by atoms with van der Waals surface area (Å²) in [7, 11) is 0. The zero-order valence-corrected chi connectivity index (χ0v) is 13.7. The van der Waals surface area contributed by atoms with Gasteiger partial charge in [0.15, 0.2) is 0 Å². The van der Waals surface area contributed by atoms with Crippen molar-refractivity contribution in [2.45, 2.75) is 44.9 Å². The van der Waals surface area contributed by atoms with E-state index >= 15 is 0 Å². The fourth-order valence-corrected chi connectivity index (χ4v) is 2.57. The predicted octanol–water partition coefficient (Wildman–Crippen LogP) is 6.13. The number of hydrogen-bond acceptors (Lipinski definition) is 0. The van der Waals surface area contributed by atoms with Crippen LogP contribution in [-0.2, 0) is 6.42 Å². The first-order chi connectivity index (χ1) is 7.82. The maximum Gasteiger partial charge on any atom is 0.0452 e. The fourth-order valence-electron chi connectivity index (χ4n) is 1.66. The molecule has 0 saturated carbocycles. The van der Waals surface area contributed by atoms with Gasteiger partial charge in [-0.25, -0.2) is 0 Å². The fraction of sp³-hybridized carbons (Fsp3) is 0.571. The molecule has 1 aromatic carbocycles. The van der Waals surface area contributed by atoms with Crippen molar-refractivity contribution in [2.75, 3.05) is 0 Å². The smallest absolute Gasteiger partial charge is 0.0452 e. The molecule has 0 fully saturated rings. The Morgan fingerprint density at radius 1 is 1.18 bits per heavy atom. The van der Waals surface area contributed by atoms with Crippen LogP contribution in [0.4, 0.5) is 0 Å². The topological polar surface area (TPSA) is 0 Å². The maximum absolute atomic E-state index is 6.14. The van der Waals surface area contributed by atoms with Crippen LogP contribution >= 0.6 is 39.1 Å². The summed E-state index contributed by atoms with van der Waals surface area (Å²) >= 11 is 16.0. The van der Waals surface area contributed by atoms with Crippen molar-refractivity contribution >= 4 is 39.1 Å². The van der Waals surface area contributed by atoms with E-state index in [4.69, 9.17) is 23.2 Å². The Hall–Kier alpha value is 0.280. The summed E-state index contributed by atoms with van der Waals surface area (Å²) in [5.41, 5.74) is 1.37. The van der Waals surface area contributed by atoms with Gasteiger partial charge >= 0.3 is 0 Å². The molecular weight excluding hydrogens is 319 g/mol. The van der Waals surface area contributed by atoms with E-state index in [0.717, 1.165) is 34.9 Å². The molecule has 17 heavy (non-hydrogen) atoms. The van der Waals surface area contributed by atoms with Gasteiger partial charge in [-0.1, -0.05) is 66.0 Å². The highest BCUT2D eigenvalue weighted by atomic mass is 79.9. The van der Waals surface area contributed by atoms with E-state index in [1.165, 1.54) is 0 Å². The molecule has 0 aliphatic heterocycles. The van der Waals surface area contributed by atoms with Crippen LogP contribution in [0.2, 0.25) is 10.0 Å². The van der Waals surface area contributed by atoms with Crippen LogP contribution in [0.5, 0.6) is 0 Å². The van der Waals surface area contributed by atoms with Gasteiger partial charge in [-0.15, -0.1) is 0 Å². The molecule has 0 N–H and O–H groups in total. The molecular formula is C14H19BrCl2. The molecule has 0 aromatic heterocycles. The molecule has 0 heterocycles. The maximum atomic E-state index is 6.14. The third-order valence-electron chi connectivity index (χ3n) is 2.89. The summed E-state index contributed by atoms with van der Waals surface area (Å²) in [6.07, 6.45) is 3.17.